The highest BCUT2D eigenvalue weighted by Crippen LogP contribution is 2.39. The van der Waals surface area contributed by atoms with Crippen LogP contribution in [-0.2, 0) is 0 Å². The predicted molar refractivity (Wildman–Crippen MR) is 42.5 cm³/mol. The molecule has 12 heavy (non-hydrogen) atoms. The Morgan fingerprint density at radius 1 is 1.08 bits per heavy atom. The van der Waals surface area contributed by atoms with Crippen LogP contribution in [-0.4, -0.2) is 5.11 Å². The Hall–Kier alpha value is -0.740. The number of phenolic OH excluding ortho intramolecular Hbond substituents is 1. The molecule has 0 aliphatic heterocycles. The number of anilines is 1. The number of aromatic hydroxyl groups is 1. The van der Waals surface area contributed by atoms with Crippen molar-refractivity contribution in [1.29, 1.82) is 0 Å². The lowest BCUT2D eigenvalue weighted by molar-refractivity contribution is 0.462. The van der Waals surface area contributed by atoms with E-state index in [1.807, 2.05) is 0 Å². The molecule has 0 heterocycles. The molecule has 0 bridgehead atoms. The zero-order valence-electron chi connectivity index (χ0n) is 5.54. The van der Waals surface area contributed by atoms with E-state index in [-0.39, 0.29) is 0 Å². The van der Waals surface area contributed by atoms with Crippen LogP contribution in [0.4, 0.5) is 14.5 Å². The van der Waals surface area contributed by atoms with Crippen LogP contribution in [0, 0.1) is 11.6 Å². The van der Waals surface area contributed by atoms with Crippen LogP contribution in [0.3, 0.4) is 0 Å². The quantitative estimate of drug-likeness (QED) is 0.396. The van der Waals surface area contributed by atoms with Gasteiger partial charge in [0.2, 0.25) is 0 Å². The molecule has 0 atom stereocenters. The van der Waals surface area contributed by atoms with E-state index < -0.39 is 33.1 Å². The number of nitrogen functional groups attached to an aromatic ring is 1. The Balaban J connectivity index is 3.60. The van der Waals surface area contributed by atoms with E-state index in [2.05, 4.69) is 0 Å². The van der Waals surface area contributed by atoms with E-state index in [1.165, 1.54) is 0 Å². The molecule has 0 unspecified atom stereocenters. The Morgan fingerprint density at radius 2 is 1.42 bits per heavy atom. The molecule has 2 nitrogen and oxygen atoms in total. The lowest BCUT2D eigenvalue weighted by atomic mass is 10.3. The second-order valence-electron chi connectivity index (χ2n) is 2.02. The van der Waals surface area contributed by atoms with Crippen LogP contribution < -0.4 is 5.73 Å². The van der Waals surface area contributed by atoms with Crippen molar-refractivity contribution in [3.8, 4) is 5.75 Å². The van der Waals surface area contributed by atoms with Crippen LogP contribution in [0.25, 0.3) is 0 Å². The summed E-state index contributed by atoms with van der Waals surface area (Å²) in [5.41, 5.74) is 4.12. The smallest absolute Gasteiger partial charge is 0.171 e. The molecule has 0 saturated carbocycles. The van der Waals surface area contributed by atoms with E-state index in [9.17, 15) is 8.78 Å². The minimum atomic E-state index is -1.21. The van der Waals surface area contributed by atoms with E-state index in [1.54, 1.807) is 0 Å². The first-order chi connectivity index (χ1) is 5.46. The van der Waals surface area contributed by atoms with Gasteiger partial charge in [0.1, 0.15) is 15.7 Å². The van der Waals surface area contributed by atoms with E-state index in [0.29, 0.717) is 0 Å². The molecule has 66 valence electrons. The molecule has 1 aromatic rings. The van der Waals surface area contributed by atoms with Gasteiger partial charge in [-0.2, -0.15) is 0 Å². The molecular formula is C6H3Cl2F2NO. The van der Waals surface area contributed by atoms with Crippen LogP contribution in [0.5, 0.6) is 5.75 Å². The van der Waals surface area contributed by atoms with Gasteiger partial charge < -0.3 is 10.8 Å². The maximum absolute atomic E-state index is 12.7. The summed E-state index contributed by atoms with van der Waals surface area (Å²) in [7, 11) is 0. The third-order valence-electron chi connectivity index (χ3n) is 1.27. The number of nitrogens with two attached hydrogens (primary N) is 1. The second-order valence-corrected chi connectivity index (χ2v) is 2.77. The van der Waals surface area contributed by atoms with Crippen molar-refractivity contribution in [2.45, 2.75) is 0 Å². The minimum Gasteiger partial charge on any atom is -0.505 e. The summed E-state index contributed by atoms with van der Waals surface area (Å²) in [6.45, 7) is 0. The maximum atomic E-state index is 12.7. The molecular weight excluding hydrogens is 211 g/mol. The van der Waals surface area contributed by atoms with Crippen molar-refractivity contribution in [1.82, 2.24) is 0 Å². The Bertz CT molecular complexity index is 238. The van der Waals surface area contributed by atoms with E-state index >= 15 is 0 Å². The van der Waals surface area contributed by atoms with Crippen LogP contribution >= 0.6 is 23.2 Å². The van der Waals surface area contributed by atoms with Crippen molar-refractivity contribution in [3.05, 3.63) is 21.7 Å². The van der Waals surface area contributed by atoms with E-state index in [0.717, 1.165) is 0 Å². The molecule has 0 saturated heterocycles. The second kappa shape index (κ2) is 2.95. The van der Waals surface area contributed by atoms with Crippen LogP contribution in [0.2, 0.25) is 10.0 Å². The van der Waals surface area contributed by atoms with Crippen molar-refractivity contribution < 1.29 is 13.9 Å². The van der Waals surface area contributed by atoms with Gasteiger partial charge in [-0.1, -0.05) is 23.2 Å². The topological polar surface area (TPSA) is 46.2 Å². The zero-order valence-corrected chi connectivity index (χ0v) is 7.05. The molecule has 0 aliphatic carbocycles. The maximum Gasteiger partial charge on any atom is 0.171 e. The molecule has 0 spiro atoms. The number of hydrogen-bond acceptors (Lipinski definition) is 2. The molecule has 1 aromatic carbocycles. The van der Waals surface area contributed by atoms with Gasteiger partial charge in [-0.25, -0.2) is 8.78 Å². The van der Waals surface area contributed by atoms with Gasteiger partial charge in [0.05, 0.1) is 0 Å². The first-order valence-corrected chi connectivity index (χ1v) is 3.52. The van der Waals surface area contributed by atoms with Gasteiger partial charge in [0, 0.05) is 0 Å². The molecule has 0 aliphatic rings. The number of benzene rings is 1. The summed E-state index contributed by atoms with van der Waals surface area (Å²) in [6, 6.07) is 0. The SMILES string of the molecule is Nc1c(F)c(Cl)c(O)c(Cl)c1F. The van der Waals surface area contributed by atoms with Gasteiger partial charge >= 0.3 is 0 Å². The Labute approximate surface area is 76.5 Å². The van der Waals surface area contributed by atoms with Crippen molar-refractivity contribution >= 4 is 28.9 Å². The summed E-state index contributed by atoms with van der Waals surface area (Å²) < 4.78 is 25.4. The molecule has 0 amide bonds. The first-order valence-electron chi connectivity index (χ1n) is 2.77. The number of rotatable bonds is 0. The normalized spacial score (nSPS) is 10.3. The number of halogens is 4. The fraction of sp³-hybridized carbons (Fsp3) is 0. The Kier molecular flexibility index (Phi) is 2.30. The Morgan fingerprint density at radius 3 is 1.75 bits per heavy atom. The van der Waals surface area contributed by atoms with Gasteiger partial charge in [-0.05, 0) is 0 Å². The fourth-order valence-corrected chi connectivity index (χ4v) is 1.08. The summed E-state index contributed by atoms with van der Waals surface area (Å²) in [4.78, 5) is 0. The van der Waals surface area contributed by atoms with Crippen molar-refractivity contribution in [2.75, 3.05) is 5.73 Å². The van der Waals surface area contributed by atoms with Crippen LogP contribution in [0.15, 0.2) is 0 Å². The largest absolute Gasteiger partial charge is 0.505 e. The fourth-order valence-electron chi connectivity index (χ4n) is 0.637. The molecule has 3 N–H and O–H groups in total. The molecule has 0 radical (unpaired) electrons. The lowest BCUT2D eigenvalue weighted by Gasteiger charge is -2.05. The predicted octanol–water partition coefficient (Wildman–Crippen LogP) is 2.56. The highest BCUT2D eigenvalue weighted by atomic mass is 35.5. The van der Waals surface area contributed by atoms with Crippen molar-refractivity contribution in [2.24, 2.45) is 0 Å². The number of phenols is 1. The number of hydrogen-bond donors (Lipinski definition) is 2. The molecule has 1 rings (SSSR count). The van der Waals surface area contributed by atoms with Crippen molar-refractivity contribution in [3.63, 3.8) is 0 Å². The average Bonchev–Trinajstić information content (AvgIpc) is 2.08. The molecule has 0 aromatic heterocycles. The summed E-state index contributed by atoms with van der Waals surface area (Å²) >= 11 is 10.4. The van der Waals surface area contributed by atoms with Gasteiger partial charge in [-0.3, -0.25) is 0 Å². The van der Waals surface area contributed by atoms with E-state index in [4.69, 9.17) is 34.0 Å². The standard InChI is InChI=1S/C6H3Cl2F2NO/c7-1-3(9)5(11)4(10)2(8)6(1)12/h12H,11H2. The highest BCUT2D eigenvalue weighted by Gasteiger charge is 2.20. The zero-order chi connectivity index (χ0) is 9.46. The average molecular weight is 214 g/mol. The molecule has 6 heteroatoms. The first kappa shape index (κ1) is 9.35. The monoisotopic (exact) mass is 213 g/mol. The van der Waals surface area contributed by atoms with Gasteiger partial charge in [0.15, 0.2) is 17.4 Å². The summed E-state index contributed by atoms with van der Waals surface area (Å²) in [5, 5.41) is 7.53. The minimum absolute atomic E-state index is 0.682. The summed E-state index contributed by atoms with van der Waals surface area (Å²) in [6.07, 6.45) is 0. The lowest BCUT2D eigenvalue weighted by Crippen LogP contribution is -1.97. The van der Waals surface area contributed by atoms with Crippen LogP contribution in [0.1, 0.15) is 0 Å². The molecule has 0 fully saturated rings. The van der Waals surface area contributed by atoms with Gasteiger partial charge in [0.25, 0.3) is 0 Å². The highest BCUT2D eigenvalue weighted by molar-refractivity contribution is 6.37. The summed E-state index contributed by atoms with van der Waals surface area (Å²) in [5.74, 6) is -3.27. The third-order valence-corrected chi connectivity index (χ3v) is 1.96. The van der Waals surface area contributed by atoms with Gasteiger partial charge in [-0.15, -0.1) is 0 Å². The third kappa shape index (κ3) is 1.17.